The molecule has 23 heavy (non-hydrogen) atoms. The Bertz CT molecular complexity index is 751. The minimum Gasteiger partial charge on any atom is -0.312 e. The fourth-order valence-corrected chi connectivity index (χ4v) is 3.91. The van der Waals surface area contributed by atoms with Gasteiger partial charge in [-0.15, -0.1) is 0 Å². The minimum atomic E-state index is -0.420. The molecular weight excluding hydrogens is 314 g/mol. The summed E-state index contributed by atoms with van der Waals surface area (Å²) >= 11 is 1.23. The van der Waals surface area contributed by atoms with Gasteiger partial charge in [-0.25, -0.2) is 0 Å². The number of aromatic amines is 1. The van der Waals surface area contributed by atoms with Gasteiger partial charge in [-0.3, -0.25) is 19.8 Å². The number of hydrogen-bond donors (Lipinski definition) is 1. The summed E-state index contributed by atoms with van der Waals surface area (Å²) in [5.74, 6) is 0. The Hall–Kier alpha value is -1.99. The molecule has 1 aliphatic heterocycles. The van der Waals surface area contributed by atoms with Crippen LogP contribution in [0.15, 0.2) is 29.1 Å². The zero-order chi connectivity index (χ0) is 16.4. The van der Waals surface area contributed by atoms with Crippen LogP contribution in [-0.4, -0.2) is 27.4 Å². The highest BCUT2D eigenvalue weighted by atomic mass is 32.1. The van der Waals surface area contributed by atoms with Crippen molar-refractivity contribution in [3.05, 3.63) is 48.9 Å². The Morgan fingerprint density at radius 2 is 2.09 bits per heavy atom. The molecule has 1 atom stereocenters. The van der Waals surface area contributed by atoms with Crippen molar-refractivity contribution in [2.45, 2.75) is 38.8 Å². The lowest BCUT2D eigenvalue weighted by molar-refractivity contribution is -0.384. The molecule has 3 rings (SSSR count). The number of nitro groups is 1. The first-order chi connectivity index (χ1) is 11.0. The van der Waals surface area contributed by atoms with Gasteiger partial charge < -0.3 is 4.98 Å². The van der Waals surface area contributed by atoms with Gasteiger partial charge in [-0.2, -0.15) is 0 Å². The molecule has 122 valence electrons. The molecule has 7 heteroatoms. The molecule has 6 nitrogen and oxygen atoms in total. The van der Waals surface area contributed by atoms with Gasteiger partial charge >= 0.3 is 4.87 Å². The largest absolute Gasteiger partial charge is 0.312 e. The number of hydrogen-bond acceptors (Lipinski definition) is 5. The number of nitrogens with zero attached hydrogens (tertiary/aromatic N) is 2. The van der Waals surface area contributed by atoms with E-state index in [1.165, 1.54) is 42.7 Å². The van der Waals surface area contributed by atoms with Crippen LogP contribution < -0.4 is 4.87 Å². The van der Waals surface area contributed by atoms with Crippen molar-refractivity contribution >= 4 is 17.0 Å². The number of thiazole rings is 1. The van der Waals surface area contributed by atoms with E-state index in [4.69, 9.17) is 0 Å². The van der Waals surface area contributed by atoms with Crippen LogP contribution in [0.1, 0.15) is 31.1 Å². The number of nitrogens with one attached hydrogen (secondary N) is 1. The quantitative estimate of drug-likeness (QED) is 0.687. The average Bonchev–Trinajstić information content (AvgIpc) is 2.90. The maximum Gasteiger partial charge on any atom is 0.305 e. The van der Waals surface area contributed by atoms with Gasteiger partial charge in [0.25, 0.3) is 5.69 Å². The van der Waals surface area contributed by atoms with Gasteiger partial charge in [0.2, 0.25) is 0 Å². The Morgan fingerprint density at radius 1 is 1.35 bits per heavy atom. The van der Waals surface area contributed by atoms with Gasteiger partial charge in [0, 0.05) is 29.6 Å². The number of non-ortho nitro benzene ring substituents is 1. The van der Waals surface area contributed by atoms with Crippen molar-refractivity contribution in [1.82, 2.24) is 9.88 Å². The molecule has 0 amide bonds. The smallest absolute Gasteiger partial charge is 0.305 e. The SMILES string of the molecule is CC1CCCCN1Cc1sc(=O)[nH]c1-c1ccc([N+](=O)[O-])cc1. The van der Waals surface area contributed by atoms with Crippen LogP contribution >= 0.6 is 11.3 Å². The molecule has 2 heterocycles. The second-order valence-electron chi connectivity index (χ2n) is 5.93. The van der Waals surface area contributed by atoms with Crippen molar-refractivity contribution in [3.8, 4) is 11.3 Å². The molecule has 1 aromatic heterocycles. The summed E-state index contributed by atoms with van der Waals surface area (Å²) in [4.78, 5) is 28.4. The van der Waals surface area contributed by atoms with Gasteiger partial charge in [0.05, 0.1) is 10.6 Å². The van der Waals surface area contributed by atoms with E-state index in [0.29, 0.717) is 6.04 Å². The van der Waals surface area contributed by atoms with Gasteiger partial charge in [-0.1, -0.05) is 17.8 Å². The number of likely N-dealkylation sites (tertiary alicyclic amines) is 1. The van der Waals surface area contributed by atoms with Crippen LogP contribution in [0.4, 0.5) is 5.69 Å². The normalized spacial score (nSPS) is 18.9. The number of rotatable bonds is 4. The molecule has 1 unspecified atom stereocenters. The van der Waals surface area contributed by atoms with E-state index in [1.807, 2.05) is 0 Å². The number of aromatic nitrogens is 1. The molecule has 0 bridgehead atoms. The molecular formula is C16H19N3O3S. The van der Waals surface area contributed by atoms with E-state index >= 15 is 0 Å². The van der Waals surface area contributed by atoms with Crippen LogP contribution in [0.5, 0.6) is 0 Å². The molecule has 1 aromatic carbocycles. The fourth-order valence-electron chi connectivity index (χ4n) is 3.03. The second kappa shape index (κ2) is 6.64. The maximum absolute atomic E-state index is 11.8. The minimum absolute atomic E-state index is 0.0533. The van der Waals surface area contributed by atoms with E-state index in [9.17, 15) is 14.9 Å². The third-order valence-electron chi connectivity index (χ3n) is 4.38. The summed E-state index contributed by atoms with van der Waals surface area (Å²) in [6.07, 6.45) is 3.64. The monoisotopic (exact) mass is 333 g/mol. The fraction of sp³-hybridized carbons (Fsp3) is 0.438. The van der Waals surface area contributed by atoms with Crippen molar-refractivity contribution in [2.75, 3.05) is 6.54 Å². The van der Waals surface area contributed by atoms with Crippen LogP contribution in [-0.2, 0) is 6.54 Å². The Morgan fingerprint density at radius 3 is 2.74 bits per heavy atom. The zero-order valence-corrected chi connectivity index (χ0v) is 13.8. The lowest BCUT2D eigenvalue weighted by Gasteiger charge is -2.33. The van der Waals surface area contributed by atoms with Gasteiger partial charge in [0.1, 0.15) is 0 Å². The van der Waals surface area contributed by atoms with Crippen molar-refractivity contribution < 1.29 is 4.92 Å². The summed E-state index contributed by atoms with van der Waals surface area (Å²) in [7, 11) is 0. The Kier molecular flexibility index (Phi) is 4.58. The number of nitro benzene ring substituents is 1. The predicted octanol–water partition coefficient (Wildman–Crippen LogP) is 3.39. The van der Waals surface area contributed by atoms with Crippen molar-refractivity contribution in [3.63, 3.8) is 0 Å². The number of benzene rings is 1. The standard InChI is InChI=1S/C16H19N3O3S/c1-11-4-2-3-9-18(11)10-14-15(17-16(20)23-14)12-5-7-13(8-6-12)19(21)22/h5-8,11H,2-4,9-10H2,1H3,(H,17,20). The molecule has 0 radical (unpaired) electrons. The molecule has 0 aliphatic carbocycles. The molecule has 1 N–H and O–H groups in total. The maximum atomic E-state index is 11.8. The highest BCUT2D eigenvalue weighted by Crippen LogP contribution is 2.28. The van der Waals surface area contributed by atoms with Crippen LogP contribution in [0.25, 0.3) is 11.3 Å². The third-order valence-corrected chi connectivity index (χ3v) is 5.24. The molecule has 1 fully saturated rings. The van der Waals surface area contributed by atoms with E-state index < -0.39 is 4.92 Å². The predicted molar refractivity (Wildman–Crippen MR) is 90.8 cm³/mol. The average molecular weight is 333 g/mol. The molecule has 1 saturated heterocycles. The van der Waals surface area contributed by atoms with Crippen molar-refractivity contribution in [2.24, 2.45) is 0 Å². The van der Waals surface area contributed by atoms with E-state index in [-0.39, 0.29) is 10.6 Å². The first-order valence-electron chi connectivity index (χ1n) is 7.75. The van der Waals surface area contributed by atoms with Crippen LogP contribution in [0.3, 0.4) is 0 Å². The number of H-pyrrole nitrogens is 1. The van der Waals surface area contributed by atoms with Crippen LogP contribution in [0, 0.1) is 10.1 Å². The lowest BCUT2D eigenvalue weighted by Crippen LogP contribution is -2.36. The first-order valence-corrected chi connectivity index (χ1v) is 8.57. The molecule has 0 saturated carbocycles. The summed E-state index contributed by atoms with van der Waals surface area (Å²) in [6.45, 7) is 4.02. The topological polar surface area (TPSA) is 79.2 Å². The molecule has 2 aromatic rings. The number of piperidine rings is 1. The summed E-state index contributed by atoms with van der Waals surface area (Å²) in [6, 6.07) is 6.85. The third kappa shape index (κ3) is 3.51. The summed E-state index contributed by atoms with van der Waals surface area (Å²) in [5, 5.41) is 10.8. The van der Waals surface area contributed by atoms with Crippen LogP contribution in [0.2, 0.25) is 0 Å². The highest BCUT2D eigenvalue weighted by molar-refractivity contribution is 7.09. The second-order valence-corrected chi connectivity index (χ2v) is 7.00. The first kappa shape index (κ1) is 15.9. The Balaban J connectivity index is 1.88. The van der Waals surface area contributed by atoms with E-state index in [2.05, 4.69) is 16.8 Å². The van der Waals surface area contributed by atoms with Gasteiger partial charge in [0.15, 0.2) is 0 Å². The summed E-state index contributed by atoms with van der Waals surface area (Å²) in [5.41, 5.74) is 1.65. The van der Waals surface area contributed by atoms with E-state index in [1.54, 1.807) is 12.1 Å². The van der Waals surface area contributed by atoms with Gasteiger partial charge in [-0.05, 0) is 44.0 Å². The Labute approximate surface area is 137 Å². The molecule has 0 spiro atoms. The lowest BCUT2D eigenvalue weighted by atomic mass is 10.0. The molecule has 1 aliphatic rings. The zero-order valence-electron chi connectivity index (χ0n) is 12.9. The van der Waals surface area contributed by atoms with E-state index in [0.717, 1.165) is 29.2 Å². The van der Waals surface area contributed by atoms with Crippen molar-refractivity contribution in [1.29, 1.82) is 0 Å². The summed E-state index contributed by atoms with van der Waals surface area (Å²) < 4.78 is 0. The highest BCUT2D eigenvalue weighted by Gasteiger charge is 2.21.